The number of amidine groups is 1. The first-order chi connectivity index (χ1) is 13.4. The summed E-state index contributed by atoms with van der Waals surface area (Å²) in [5.41, 5.74) is 8.14. The molecule has 4 heteroatoms. The zero-order valence-corrected chi connectivity index (χ0v) is 16.2. The number of halogens is 2. The molecule has 2 aromatic rings. The fourth-order valence-corrected chi connectivity index (χ4v) is 4.71. The number of rotatable bonds is 3. The average molecular weight is 380 g/mol. The van der Waals surface area contributed by atoms with Crippen LogP contribution in [-0.2, 0) is 5.54 Å². The van der Waals surface area contributed by atoms with Crippen LogP contribution in [0.5, 0.6) is 0 Å². The van der Waals surface area contributed by atoms with Crippen LogP contribution in [0.2, 0.25) is 0 Å². The number of benzene rings is 2. The van der Waals surface area contributed by atoms with Crippen molar-refractivity contribution in [2.75, 3.05) is 0 Å². The van der Waals surface area contributed by atoms with Crippen LogP contribution in [-0.4, -0.2) is 5.84 Å². The first kappa shape index (κ1) is 18.9. The molecule has 0 bridgehead atoms. The van der Waals surface area contributed by atoms with Gasteiger partial charge in [-0.3, -0.25) is 4.99 Å². The molecule has 2 aromatic carbocycles. The zero-order chi connectivity index (χ0) is 19.8. The van der Waals surface area contributed by atoms with E-state index in [0.29, 0.717) is 11.4 Å². The van der Waals surface area contributed by atoms with Crippen LogP contribution in [0.3, 0.4) is 0 Å². The summed E-state index contributed by atoms with van der Waals surface area (Å²) in [5, 5.41) is 0. The molecule has 1 spiro atoms. The van der Waals surface area contributed by atoms with Gasteiger partial charge in [0.1, 0.15) is 11.6 Å². The molecule has 0 unspecified atom stereocenters. The molecule has 28 heavy (non-hydrogen) atoms. The summed E-state index contributed by atoms with van der Waals surface area (Å²) in [6.45, 7) is 2.01. The van der Waals surface area contributed by atoms with Crippen molar-refractivity contribution in [3.05, 3.63) is 70.8 Å². The Balaban J connectivity index is 1.67. The molecule has 2 nitrogen and oxygen atoms in total. The minimum Gasteiger partial charge on any atom is -0.387 e. The number of nitrogens with two attached hydrogens (primary N) is 1. The fraction of sp³-hybridized carbons (Fsp3) is 0.375. The Labute approximate surface area is 165 Å². The number of nitrogens with zero attached hydrogens (tertiary/aromatic N) is 1. The molecule has 0 radical (unpaired) electrons. The third-order valence-electron chi connectivity index (χ3n) is 6.34. The maximum Gasteiger partial charge on any atom is 0.128 e. The van der Waals surface area contributed by atoms with Crippen LogP contribution in [0.25, 0.3) is 12.2 Å². The van der Waals surface area contributed by atoms with Crippen LogP contribution in [0.15, 0.2) is 47.5 Å². The van der Waals surface area contributed by atoms with E-state index in [2.05, 4.69) is 0 Å². The lowest BCUT2D eigenvalue weighted by atomic mass is 9.60. The molecule has 2 aliphatic rings. The first-order valence-corrected chi connectivity index (χ1v) is 9.96. The Bertz CT molecular complexity index is 926. The second-order valence-corrected chi connectivity index (χ2v) is 8.53. The number of hydrogen-bond acceptors (Lipinski definition) is 2. The van der Waals surface area contributed by atoms with Gasteiger partial charge in [-0.15, -0.1) is 0 Å². The lowest BCUT2D eigenvalue weighted by Crippen LogP contribution is -2.36. The standard InChI is InChI=1S/C24H26F2N2/c1-23(16-24(12-2-13-24)14-11-22(27)28-23)20-15-18(7-10-21(20)26)4-3-17-5-8-19(25)9-6-17/h3-10,15H,2,11-14,16H2,1H3,(H2,27,28)/b4-3+/t23-/m0/s1. The third-order valence-corrected chi connectivity index (χ3v) is 6.34. The second-order valence-electron chi connectivity index (χ2n) is 8.53. The smallest absolute Gasteiger partial charge is 0.128 e. The van der Waals surface area contributed by atoms with Crippen molar-refractivity contribution in [1.82, 2.24) is 0 Å². The van der Waals surface area contributed by atoms with E-state index < -0.39 is 5.54 Å². The third kappa shape index (κ3) is 3.73. The van der Waals surface area contributed by atoms with Crippen molar-refractivity contribution in [2.45, 2.75) is 51.0 Å². The maximum absolute atomic E-state index is 14.9. The number of hydrogen-bond donors (Lipinski definition) is 1. The molecule has 0 saturated heterocycles. The summed E-state index contributed by atoms with van der Waals surface area (Å²) >= 11 is 0. The van der Waals surface area contributed by atoms with Gasteiger partial charge in [0.05, 0.1) is 11.4 Å². The minimum atomic E-state index is -0.648. The Hall–Kier alpha value is -2.49. The van der Waals surface area contributed by atoms with Crippen molar-refractivity contribution in [3.63, 3.8) is 0 Å². The van der Waals surface area contributed by atoms with Gasteiger partial charge in [0, 0.05) is 12.0 Å². The summed E-state index contributed by atoms with van der Waals surface area (Å²) in [4.78, 5) is 4.77. The Kier molecular flexibility index (Phi) is 4.82. The highest BCUT2D eigenvalue weighted by molar-refractivity contribution is 5.81. The minimum absolute atomic E-state index is 0.241. The van der Waals surface area contributed by atoms with E-state index in [1.54, 1.807) is 18.2 Å². The van der Waals surface area contributed by atoms with Crippen LogP contribution in [0.4, 0.5) is 8.78 Å². The molecule has 0 amide bonds. The van der Waals surface area contributed by atoms with Crippen LogP contribution >= 0.6 is 0 Å². The zero-order valence-electron chi connectivity index (χ0n) is 16.2. The van der Waals surface area contributed by atoms with Gasteiger partial charge in [0.2, 0.25) is 0 Å². The lowest BCUT2D eigenvalue weighted by Gasteiger charge is -2.45. The van der Waals surface area contributed by atoms with E-state index in [4.69, 9.17) is 10.7 Å². The second kappa shape index (κ2) is 7.16. The van der Waals surface area contributed by atoms with Crippen molar-refractivity contribution in [3.8, 4) is 0 Å². The van der Waals surface area contributed by atoms with Crippen molar-refractivity contribution in [1.29, 1.82) is 0 Å². The molecule has 1 saturated carbocycles. The van der Waals surface area contributed by atoms with Gasteiger partial charge in [-0.05, 0) is 73.4 Å². The Morgan fingerprint density at radius 3 is 2.32 bits per heavy atom. The summed E-state index contributed by atoms with van der Waals surface area (Å²) in [6, 6.07) is 11.4. The van der Waals surface area contributed by atoms with Gasteiger partial charge in [0.25, 0.3) is 0 Å². The predicted molar refractivity (Wildman–Crippen MR) is 111 cm³/mol. The molecular weight excluding hydrogens is 354 g/mol. The largest absolute Gasteiger partial charge is 0.387 e. The molecule has 1 atom stereocenters. The van der Waals surface area contributed by atoms with Crippen LogP contribution in [0.1, 0.15) is 62.1 Å². The predicted octanol–water partition coefficient (Wildman–Crippen LogP) is 6.06. The summed E-state index contributed by atoms with van der Waals surface area (Å²) in [7, 11) is 0. The van der Waals surface area contributed by atoms with Gasteiger partial charge in [-0.2, -0.15) is 0 Å². The van der Waals surface area contributed by atoms with Gasteiger partial charge in [-0.1, -0.05) is 36.8 Å². The van der Waals surface area contributed by atoms with Crippen molar-refractivity contribution in [2.24, 2.45) is 16.1 Å². The molecule has 4 rings (SSSR count). The monoisotopic (exact) mass is 380 g/mol. The molecule has 2 N–H and O–H groups in total. The van der Waals surface area contributed by atoms with E-state index in [9.17, 15) is 8.78 Å². The highest BCUT2D eigenvalue weighted by atomic mass is 19.1. The van der Waals surface area contributed by atoms with Crippen molar-refractivity contribution >= 4 is 18.0 Å². The van der Waals surface area contributed by atoms with E-state index in [0.717, 1.165) is 30.4 Å². The maximum atomic E-state index is 14.9. The Morgan fingerprint density at radius 1 is 0.964 bits per heavy atom. The van der Waals surface area contributed by atoms with E-state index in [1.807, 2.05) is 25.1 Å². The molecule has 1 aliphatic heterocycles. The van der Waals surface area contributed by atoms with E-state index in [-0.39, 0.29) is 17.0 Å². The highest BCUT2D eigenvalue weighted by Crippen LogP contribution is 2.54. The molecular formula is C24H26F2N2. The summed E-state index contributed by atoms with van der Waals surface area (Å²) < 4.78 is 27.9. The van der Waals surface area contributed by atoms with Crippen molar-refractivity contribution < 1.29 is 8.78 Å². The van der Waals surface area contributed by atoms with Gasteiger partial charge in [-0.25, -0.2) is 8.78 Å². The highest BCUT2D eigenvalue weighted by Gasteiger charge is 2.46. The van der Waals surface area contributed by atoms with Crippen LogP contribution < -0.4 is 5.73 Å². The Morgan fingerprint density at radius 2 is 1.64 bits per heavy atom. The SMILES string of the molecule is C[C@@]1(c2cc(/C=C/c3ccc(F)cc3)ccc2F)CC2(CCC2)CCC(N)=N1. The van der Waals surface area contributed by atoms with Gasteiger partial charge < -0.3 is 5.73 Å². The lowest BCUT2D eigenvalue weighted by molar-refractivity contribution is 0.0815. The number of aliphatic imine (C=N–C) groups is 1. The average Bonchev–Trinajstić information content (AvgIpc) is 2.78. The van der Waals surface area contributed by atoms with Crippen LogP contribution in [0, 0.1) is 17.0 Å². The van der Waals surface area contributed by atoms with Gasteiger partial charge in [0.15, 0.2) is 0 Å². The summed E-state index contributed by atoms with van der Waals surface area (Å²) in [6.07, 6.45) is 10.1. The topological polar surface area (TPSA) is 38.4 Å². The summed E-state index contributed by atoms with van der Waals surface area (Å²) in [5.74, 6) is 0.121. The van der Waals surface area contributed by atoms with E-state index in [1.165, 1.54) is 37.5 Å². The fourth-order valence-electron chi connectivity index (χ4n) is 4.71. The first-order valence-electron chi connectivity index (χ1n) is 9.96. The van der Waals surface area contributed by atoms with Gasteiger partial charge >= 0.3 is 0 Å². The molecule has 0 aromatic heterocycles. The molecule has 1 heterocycles. The normalized spacial score (nSPS) is 24.0. The molecule has 1 fully saturated rings. The quantitative estimate of drug-likeness (QED) is 0.646. The molecule has 146 valence electrons. The van der Waals surface area contributed by atoms with E-state index >= 15 is 0 Å². The molecule has 1 aliphatic carbocycles.